The number of ether oxygens (including phenoxy) is 3. The van der Waals surface area contributed by atoms with Gasteiger partial charge in [0.05, 0.1) is 24.2 Å². The van der Waals surface area contributed by atoms with E-state index in [9.17, 15) is 40.3 Å². The van der Waals surface area contributed by atoms with Crippen LogP contribution >= 0.6 is 0 Å². The summed E-state index contributed by atoms with van der Waals surface area (Å²) in [5.74, 6) is -4.41. The highest BCUT2D eigenvalue weighted by molar-refractivity contribution is 6.01. The number of carbonyl (C=O) groups is 2. The number of hydrogen-bond donors (Lipinski definition) is 2. The monoisotopic (exact) mass is 674 g/mol. The van der Waals surface area contributed by atoms with Crippen molar-refractivity contribution >= 4 is 28.6 Å². The van der Waals surface area contributed by atoms with E-state index < -0.39 is 84.3 Å². The highest BCUT2D eigenvalue weighted by Crippen LogP contribution is 2.40. The molecule has 0 unspecified atom stereocenters. The third kappa shape index (κ3) is 9.29. The van der Waals surface area contributed by atoms with E-state index in [4.69, 9.17) is 9.47 Å². The Balaban J connectivity index is 1.70. The van der Waals surface area contributed by atoms with E-state index in [0.29, 0.717) is 17.4 Å². The highest BCUT2D eigenvalue weighted by Gasteiger charge is 2.43. The summed E-state index contributed by atoms with van der Waals surface area (Å²) in [6.45, 7) is 0.558. The average molecular weight is 675 g/mol. The second kappa shape index (κ2) is 13.7. The van der Waals surface area contributed by atoms with Crippen LogP contribution in [-0.2, 0) is 17.5 Å². The van der Waals surface area contributed by atoms with Gasteiger partial charge in [-0.05, 0) is 56.7 Å². The number of methoxy groups -OCH3 is 1. The number of rotatable bonds is 9. The first kappa shape index (κ1) is 35.4. The van der Waals surface area contributed by atoms with Crippen LogP contribution in [0.4, 0.5) is 41.2 Å². The van der Waals surface area contributed by atoms with Crippen molar-refractivity contribution in [1.29, 1.82) is 0 Å². The van der Waals surface area contributed by atoms with Gasteiger partial charge in [-0.1, -0.05) is 12.1 Å². The molecule has 1 aliphatic heterocycles. The lowest BCUT2D eigenvalue weighted by atomic mass is 9.98. The lowest BCUT2D eigenvalue weighted by molar-refractivity contribution is -0.136. The number of halogens is 7. The van der Waals surface area contributed by atoms with Crippen LogP contribution in [0.1, 0.15) is 55.2 Å². The van der Waals surface area contributed by atoms with Crippen molar-refractivity contribution in [3.63, 3.8) is 0 Å². The third-order valence-electron chi connectivity index (χ3n) is 7.11. The van der Waals surface area contributed by atoms with Gasteiger partial charge in [0.1, 0.15) is 22.8 Å². The molecule has 2 amide bonds. The Hall–Kier alpha value is -4.50. The number of carbonyl (C=O) groups excluding carboxylic acids is 2. The first-order valence-corrected chi connectivity index (χ1v) is 14.4. The third-order valence-corrected chi connectivity index (χ3v) is 7.11. The number of amides is 2. The Kier molecular flexibility index (Phi) is 10.3. The maximum atomic E-state index is 14.4. The van der Waals surface area contributed by atoms with Gasteiger partial charge < -0.3 is 29.7 Å². The summed E-state index contributed by atoms with van der Waals surface area (Å²) in [5, 5.41) is 5.04. The second-order valence-corrected chi connectivity index (χ2v) is 11.8. The number of aromatic nitrogens is 1. The molecule has 1 atom stereocenters. The first-order valence-electron chi connectivity index (χ1n) is 14.4. The molecule has 256 valence electrons. The SMILES string of the molecule is COc1ccc(CNc2cc(C(=O)NC[C@H]3CC(F)(F)CCN3C(=O)OC(C)(C)C)nc3c(C(F)(F)F)cc(OC(F)F)cc23)cc1. The molecule has 0 saturated carbocycles. The van der Waals surface area contributed by atoms with E-state index in [1.165, 1.54) is 7.11 Å². The summed E-state index contributed by atoms with van der Waals surface area (Å²) in [5.41, 5.74) is -3.08. The number of anilines is 1. The zero-order valence-electron chi connectivity index (χ0n) is 25.8. The van der Waals surface area contributed by atoms with Crippen molar-refractivity contribution in [2.45, 2.75) is 70.5 Å². The number of alkyl halides is 7. The largest absolute Gasteiger partial charge is 0.497 e. The Bertz CT molecular complexity index is 1590. The number of fused-ring (bicyclic) bond motifs is 1. The van der Waals surface area contributed by atoms with E-state index in [-0.39, 0.29) is 24.2 Å². The number of nitrogens with zero attached hydrogens (tertiary/aromatic N) is 2. The van der Waals surface area contributed by atoms with Crippen molar-refractivity contribution < 1.29 is 54.5 Å². The van der Waals surface area contributed by atoms with Gasteiger partial charge in [-0.25, -0.2) is 18.6 Å². The maximum absolute atomic E-state index is 14.4. The zero-order chi connectivity index (χ0) is 34.7. The lowest BCUT2D eigenvalue weighted by Crippen LogP contribution is -2.55. The summed E-state index contributed by atoms with van der Waals surface area (Å²) < 4.78 is 112. The molecule has 0 radical (unpaired) electrons. The Morgan fingerprint density at radius 2 is 1.74 bits per heavy atom. The van der Waals surface area contributed by atoms with Gasteiger partial charge >= 0.3 is 18.9 Å². The standard InChI is InChI=1S/C31H33F7N4O5/c1-29(2,3)47-28(44)42-10-9-30(34,35)14-18(42)16-40-26(43)24-13-23(39-15-17-5-7-19(45-4)8-6-17)21-11-20(46-27(32)33)12-22(25(21)41-24)31(36,37)38/h5-8,11-13,18,27H,9-10,14-16H2,1-4H3,(H,39,41)(H,40,43)/t18-/m1/s1. The van der Waals surface area contributed by atoms with Gasteiger partial charge in [-0.2, -0.15) is 22.0 Å². The molecule has 2 aromatic carbocycles. The average Bonchev–Trinajstić information content (AvgIpc) is 2.96. The molecule has 1 aromatic heterocycles. The molecular formula is C31H33F7N4O5. The van der Waals surface area contributed by atoms with E-state index in [1.54, 1.807) is 45.0 Å². The molecule has 0 spiro atoms. The molecule has 2 heterocycles. The Labute approximate surface area is 265 Å². The van der Waals surface area contributed by atoms with E-state index >= 15 is 0 Å². The number of nitrogens with one attached hydrogen (secondary N) is 2. The van der Waals surface area contributed by atoms with Gasteiger partial charge in [0.15, 0.2) is 0 Å². The molecule has 0 bridgehead atoms. The van der Waals surface area contributed by atoms with E-state index in [2.05, 4.69) is 20.4 Å². The number of hydrogen-bond acceptors (Lipinski definition) is 7. The molecule has 9 nitrogen and oxygen atoms in total. The van der Waals surface area contributed by atoms with Gasteiger partial charge in [-0.3, -0.25) is 4.79 Å². The summed E-state index contributed by atoms with van der Waals surface area (Å²) in [6, 6.07) is 7.82. The smallest absolute Gasteiger partial charge is 0.418 e. The van der Waals surface area contributed by atoms with Gasteiger partial charge in [0.25, 0.3) is 11.8 Å². The zero-order valence-corrected chi connectivity index (χ0v) is 25.8. The van der Waals surface area contributed by atoms with Crippen LogP contribution in [0.5, 0.6) is 11.5 Å². The van der Waals surface area contributed by atoms with Crippen molar-refractivity contribution in [2.24, 2.45) is 0 Å². The fraction of sp³-hybridized carbons (Fsp3) is 0.452. The van der Waals surface area contributed by atoms with E-state index in [0.717, 1.165) is 17.0 Å². The summed E-state index contributed by atoms with van der Waals surface area (Å²) in [7, 11) is 1.47. The summed E-state index contributed by atoms with van der Waals surface area (Å²) in [6.07, 6.45) is -7.38. The van der Waals surface area contributed by atoms with E-state index in [1.807, 2.05) is 0 Å². The lowest BCUT2D eigenvalue weighted by Gasteiger charge is -2.39. The summed E-state index contributed by atoms with van der Waals surface area (Å²) in [4.78, 5) is 31.1. The van der Waals surface area contributed by atoms with Crippen LogP contribution < -0.4 is 20.1 Å². The summed E-state index contributed by atoms with van der Waals surface area (Å²) >= 11 is 0. The molecular weight excluding hydrogens is 641 g/mol. The second-order valence-electron chi connectivity index (χ2n) is 11.8. The molecule has 1 fully saturated rings. The normalized spacial score (nSPS) is 16.6. The number of piperidine rings is 1. The molecule has 1 saturated heterocycles. The minimum absolute atomic E-state index is 0.0213. The molecule has 3 aromatic rings. The highest BCUT2D eigenvalue weighted by atomic mass is 19.4. The topological polar surface area (TPSA) is 102 Å². The van der Waals surface area contributed by atoms with Gasteiger partial charge in [0, 0.05) is 43.5 Å². The van der Waals surface area contributed by atoms with Crippen LogP contribution in [0, 0.1) is 0 Å². The molecule has 16 heteroatoms. The van der Waals surface area contributed by atoms with Crippen LogP contribution in [0.3, 0.4) is 0 Å². The van der Waals surface area contributed by atoms with Gasteiger partial charge in [0.2, 0.25) is 0 Å². The fourth-order valence-corrected chi connectivity index (χ4v) is 4.96. The predicted molar refractivity (Wildman–Crippen MR) is 157 cm³/mol. The van der Waals surface area contributed by atoms with Crippen molar-refractivity contribution in [1.82, 2.24) is 15.2 Å². The number of benzene rings is 2. The Morgan fingerprint density at radius 3 is 2.34 bits per heavy atom. The molecule has 0 aliphatic carbocycles. The minimum Gasteiger partial charge on any atom is -0.497 e. The quantitative estimate of drug-likeness (QED) is 0.231. The first-order chi connectivity index (χ1) is 21.8. The molecule has 47 heavy (non-hydrogen) atoms. The fourth-order valence-electron chi connectivity index (χ4n) is 4.96. The Morgan fingerprint density at radius 1 is 1.06 bits per heavy atom. The molecule has 2 N–H and O–H groups in total. The van der Waals surface area contributed by atoms with Crippen LogP contribution in [0.25, 0.3) is 10.9 Å². The van der Waals surface area contributed by atoms with Crippen LogP contribution in [0.15, 0.2) is 42.5 Å². The molecule has 4 rings (SSSR count). The predicted octanol–water partition coefficient (Wildman–Crippen LogP) is 7.24. The van der Waals surface area contributed by atoms with Crippen molar-refractivity contribution in [3.8, 4) is 11.5 Å². The number of likely N-dealkylation sites (tertiary alicyclic amines) is 1. The minimum atomic E-state index is -5.10. The van der Waals surface area contributed by atoms with Crippen molar-refractivity contribution in [2.75, 3.05) is 25.5 Å². The van der Waals surface area contributed by atoms with Crippen LogP contribution in [-0.4, -0.2) is 66.3 Å². The molecule has 1 aliphatic rings. The number of pyridine rings is 1. The van der Waals surface area contributed by atoms with Gasteiger partial charge in [-0.15, -0.1) is 0 Å². The van der Waals surface area contributed by atoms with Crippen LogP contribution in [0.2, 0.25) is 0 Å². The maximum Gasteiger partial charge on any atom is 0.418 e. The van der Waals surface area contributed by atoms with Crippen molar-refractivity contribution in [3.05, 3.63) is 59.3 Å².